The summed E-state index contributed by atoms with van der Waals surface area (Å²) in [6.45, 7) is 5.72. The van der Waals surface area contributed by atoms with E-state index in [0.717, 1.165) is 18.2 Å². The second-order valence-corrected chi connectivity index (χ2v) is 7.52. The van der Waals surface area contributed by atoms with Crippen LogP contribution in [-0.4, -0.2) is 20.3 Å². The number of alkyl halides is 1. The maximum Gasteiger partial charge on any atom is 0.241 e. The van der Waals surface area contributed by atoms with Gasteiger partial charge in [0.05, 0.1) is 4.90 Å². The Hall–Kier alpha value is -0.460. The molecule has 1 aromatic carbocycles. The van der Waals surface area contributed by atoms with E-state index in [1.165, 1.54) is 12.1 Å². The van der Waals surface area contributed by atoms with E-state index < -0.39 is 15.8 Å². The second kappa shape index (κ2) is 7.52. The fourth-order valence-corrected chi connectivity index (χ4v) is 3.97. The summed E-state index contributed by atoms with van der Waals surface area (Å²) in [5.41, 5.74) is 0.868. The van der Waals surface area contributed by atoms with Crippen LogP contribution < -0.4 is 4.72 Å². The zero-order valence-electron chi connectivity index (χ0n) is 12.0. The first-order valence-electron chi connectivity index (χ1n) is 6.60. The van der Waals surface area contributed by atoms with E-state index in [1.54, 1.807) is 13.8 Å². The molecule has 1 aromatic rings. The molecule has 20 heavy (non-hydrogen) atoms. The molecule has 1 rings (SSSR count). The maximum atomic E-state index is 13.2. The number of benzene rings is 1. The van der Waals surface area contributed by atoms with Crippen molar-refractivity contribution in [2.45, 2.75) is 38.5 Å². The van der Waals surface area contributed by atoms with Crippen LogP contribution in [0.15, 0.2) is 17.0 Å². The Labute approximate surface area is 129 Å². The molecular weight excluding hydrogens is 345 g/mol. The third-order valence-electron chi connectivity index (χ3n) is 3.12. The topological polar surface area (TPSA) is 46.2 Å². The minimum Gasteiger partial charge on any atom is -0.211 e. The van der Waals surface area contributed by atoms with E-state index in [9.17, 15) is 12.8 Å². The van der Waals surface area contributed by atoms with Gasteiger partial charge >= 0.3 is 0 Å². The molecule has 1 unspecified atom stereocenters. The minimum absolute atomic E-state index is 0.187. The Morgan fingerprint density at radius 3 is 2.35 bits per heavy atom. The van der Waals surface area contributed by atoms with Crippen molar-refractivity contribution in [3.05, 3.63) is 29.1 Å². The van der Waals surface area contributed by atoms with Crippen LogP contribution in [0.2, 0.25) is 0 Å². The monoisotopic (exact) mass is 365 g/mol. The maximum absolute atomic E-state index is 13.2. The normalized spacial score (nSPS) is 13.4. The van der Waals surface area contributed by atoms with Gasteiger partial charge < -0.3 is 0 Å². The van der Waals surface area contributed by atoms with Crippen LogP contribution in [0.4, 0.5) is 4.39 Å². The lowest BCUT2D eigenvalue weighted by molar-refractivity contribution is 0.546. The summed E-state index contributed by atoms with van der Waals surface area (Å²) in [5.74, 6) is 0.110. The van der Waals surface area contributed by atoms with E-state index in [0.29, 0.717) is 23.6 Å². The van der Waals surface area contributed by atoms with Gasteiger partial charge in [-0.25, -0.2) is 17.5 Å². The molecule has 0 fully saturated rings. The smallest absolute Gasteiger partial charge is 0.211 e. The summed E-state index contributed by atoms with van der Waals surface area (Å²) in [5, 5.41) is 0.913. The number of hydrogen-bond acceptors (Lipinski definition) is 2. The zero-order valence-corrected chi connectivity index (χ0v) is 14.4. The summed E-state index contributed by atoms with van der Waals surface area (Å²) >= 11 is 3.39. The van der Waals surface area contributed by atoms with Gasteiger partial charge in [-0.05, 0) is 55.9 Å². The van der Waals surface area contributed by atoms with Gasteiger partial charge in [0.2, 0.25) is 10.0 Å². The summed E-state index contributed by atoms with van der Waals surface area (Å²) in [4.78, 5) is 0.187. The Morgan fingerprint density at radius 2 is 1.85 bits per heavy atom. The molecule has 1 atom stereocenters. The van der Waals surface area contributed by atoms with E-state index in [-0.39, 0.29) is 4.90 Å². The molecule has 0 bridgehead atoms. The molecule has 0 radical (unpaired) electrons. The molecule has 0 amide bonds. The number of nitrogens with one attached hydrogen (secondary N) is 1. The van der Waals surface area contributed by atoms with Crippen LogP contribution in [-0.2, 0) is 10.0 Å². The lowest BCUT2D eigenvalue weighted by atomic mass is 10.1. The van der Waals surface area contributed by atoms with Crippen LogP contribution in [0, 0.1) is 25.6 Å². The molecule has 0 aliphatic heterocycles. The largest absolute Gasteiger partial charge is 0.241 e. The highest BCUT2D eigenvalue weighted by atomic mass is 79.9. The average molecular weight is 366 g/mol. The summed E-state index contributed by atoms with van der Waals surface area (Å²) in [6.07, 6.45) is 1.74. The van der Waals surface area contributed by atoms with Crippen LogP contribution in [0.3, 0.4) is 0 Å². The number of halogens is 2. The highest BCUT2D eigenvalue weighted by Crippen LogP contribution is 2.21. The SMILES string of the molecule is Cc1cc(F)cc(C)c1S(=O)(=O)NCCCC(C)CBr. The predicted molar refractivity (Wildman–Crippen MR) is 83.3 cm³/mol. The second-order valence-electron chi connectivity index (χ2n) is 5.17. The Kier molecular flexibility index (Phi) is 6.61. The van der Waals surface area contributed by atoms with E-state index in [4.69, 9.17) is 0 Å². The van der Waals surface area contributed by atoms with Crippen molar-refractivity contribution in [2.24, 2.45) is 5.92 Å². The minimum atomic E-state index is -3.57. The number of aryl methyl sites for hydroxylation is 2. The lowest BCUT2D eigenvalue weighted by Gasteiger charge is -2.13. The molecule has 114 valence electrons. The number of hydrogen-bond donors (Lipinski definition) is 1. The first kappa shape index (κ1) is 17.6. The molecule has 0 saturated carbocycles. The Balaban J connectivity index is 2.75. The Bertz CT molecular complexity index is 537. The predicted octanol–water partition coefficient (Wildman–Crippen LogP) is 3.53. The third-order valence-corrected chi connectivity index (χ3v) is 5.99. The van der Waals surface area contributed by atoms with E-state index in [2.05, 4.69) is 27.6 Å². The van der Waals surface area contributed by atoms with Gasteiger partial charge in [0.1, 0.15) is 5.82 Å². The van der Waals surface area contributed by atoms with Crippen molar-refractivity contribution in [3.8, 4) is 0 Å². The molecule has 3 nitrogen and oxygen atoms in total. The lowest BCUT2D eigenvalue weighted by Crippen LogP contribution is -2.26. The van der Waals surface area contributed by atoms with Gasteiger partial charge in [-0.2, -0.15) is 0 Å². The van der Waals surface area contributed by atoms with Crippen LogP contribution in [0.25, 0.3) is 0 Å². The standard InChI is InChI=1S/C14H21BrFNO2S/c1-10(9-15)5-4-6-17-20(18,19)14-11(2)7-13(16)8-12(14)3/h7-8,10,17H,4-6,9H2,1-3H3. The van der Waals surface area contributed by atoms with Crippen LogP contribution in [0.5, 0.6) is 0 Å². The van der Waals surface area contributed by atoms with Gasteiger partial charge in [-0.15, -0.1) is 0 Å². The van der Waals surface area contributed by atoms with Gasteiger partial charge in [0.25, 0.3) is 0 Å². The summed E-state index contributed by atoms with van der Waals surface area (Å²) in [6, 6.07) is 2.49. The fourth-order valence-electron chi connectivity index (χ4n) is 2.13. The summed E-state index contributed by atoms with van der Waals surface area (Å²) < 4.78 is 40.3. The quantitative estimate of drug-likeness (QED) is 0.593. The molecule has 0 aliphatic carbocycles. The van der Waals surface area contributed by atoms with Crippen molar-refractivity contribution in [3.63, 3.8) is 0 Å². The molecule has 0 saturated heterocycles. The number of sulfonamides is 1. The molecule has 0 aliphatic rings. The van der Waals surface area contributed by atoms with Gasteiger partial charge in [0.15, 0.2) is 0 Å². The number of rotatable bonds is 7. The van der Waals surface area contributed by atoms with E-state index in [1.807, 2.05) is 0 Å². The molecule has 1 N–H and O–H groups in total. The van der Waals surface area contributed by atoms with Crippen molar-refractivity contribution >= 4 is 26.0 Å². The van der Waals surface area contributed by atoms with Gasteiger partial charge in [0, 0.05) is 11.9 Å². The first-order valence-corrected chi connectivity index (χ1v) is 9.20. The molecule has 6 heteroatoms. The van der Waals surface area contributed by atoms with Crippen molar-refractivity contribution in [1.29, 1.82) is 0 Å². The average Bonchev–Trinajstić information content (AvgIpc) is 2.32. The van der Waals surface area contributed by atoms with Crippen molar-refractivity contribution < 1.29 is 12.8 Å². The highest BCUT2D eigenvalue weighted by Gasteiger charge is 2.19. The van der Waals surface area contributed by atoms with Crippen molar-refractivity contribution in [2.75, 3.05) is 11.9 Å². The van der Waals surface area contributed by atoms with Crippen molar-refractivity contribution in [1.82, 2.24) is 4.72 Å². The fraction of sp³-hybridized carbons (Fsp3) is 0.571. The molecule has 0 heterocycles. The van der Waals surface area contributed by atoms with E-state index >= 15 is 0 Å². The van der Waals surface area contributed by atoms with Crippen LogP contribution in [0.1, 0.15) is 30.9 Å². The highest BCUT2D eigenvalue weighted by molar-refractivity contribution is 9.09. The molecular formula is C14H21BrFNO2S. The zero-order chi connectivity index (χ0) is 15.3. The third kappa shape index (κ3) is 4.82. The molecule has 0 spiro atoms. The van der Waals surface area contributed by atoms with Gasteiger partial charge in [-0.3, -0.25) is 0 Å². The van der Waals surface area contributed by atoms with Gasteiger partial charge in [-0.1, -0.05) is 22.9 Å². The van der Waals surface area contributed by atoms with Crippen LogP contribution >= 0.6 is 15.9 Å². The Morgan fingerprint density at radius 1 is 1.30 bits per heavy atom. The summed E-state index contributed by atoms with van der Waals surface area (Å²) in [7, 11) is -3.57. The molecule has 0 aromatic heterocycles. The first-order chi connectivity index (χ1) is 9.27.